The first-order chi connectivity index (χ1) is 9.90. The van der Waals surface area contributed by atoms with Crippen molar-refractivity contribution in [3.63, 3.8) is 0 Å². The van der Waals surface area contributed by atoms with Crippen molar-refractivity contribution in [1.82, 2.24) is 0 Å². The Bertz CT molecular complexity index is 761. The number of ether oxygens (including phenoxy) is 1. The Morgan fingerprint density at radius 2 is 2.05 bits per heavy atom. The molecular formula is C17H15NO2. The van der Waals surface area contributed by atoms with E-state index in [1.807, 2.05) is 30.5 Å². The van der Waals surface area contributed by atoms with Gasteiger partial charge in [-0.15, -0.1) is 0 Å². The highest BCUT2D eigenvalue weighted by Gasteiger charge is 2.12. The van der Waals surface area contributed by atoms with Gasteiger partial charge in [0.15, 0.2) is 0 Å². The van der Waals surface area contributed by atoms with Crippen LogP contribution < -0.4 is 10.1 Å². The molecule has 2 heterocycles. The van der Waals surface area contributed by atoms with Crippen molar-refractivity contribution in [2.75, 3.05) is 11.9 Å². The Morgan fingerprint density at radius 3 is 3.05 bits per heavy atom. The van der Waals surface area contributed by atoms with E-state index in [-0.39, 0.29) is 0 Å². The van der Waals surface area contributed by atoms with Crippen LogP contribution in [0.15, 0.2) is 53.1 Å². The van der Waals surface area contributed by atoms with E-state index in [1.165, 1.54) is 16.5 Å². The zero-order valence-electron chi connectivity index (χ0n) is 11.1. The molecule has 3 heteroatoms. The van der Waals surface area contributed by atoms with Crippen LogP contribution >= 0.6 is 0 Å². The first-order valence-corrected chi connectivity index (χ1v) is 6.85. The molecule has 1 N–H and O–H groups in total. The highest BCUT2D eigenvalue weighted by atomic mass is 16.5. The fourth-order valence-electron chi connectivity index (χ4n) is 2.66. The SMILES string of the molecule is c1ccc2c(CNc3ccc4c(c3)CCO4)coc2c1. The van der Waals surface area contributed by atoms with Gasteiger partial charge in [0.05, 0.1) is 12.9 Å². The van der Waals surface area contributed by atoms with Crippen LogP contribution in [0.2, 0.25) is 0 Å². The van der Waals surface area contributed by atoms with E-state index in [0.717, 1.165) is 36.6 Å². The lowest BCUT2D eigenvalue weighted by molar-refractivity contribution is 0.357. The summed E-state index contributed by atoms with van der Waals surface area (Å²) in [5, 5.41) is 4.62. The van der Waals surface area contributed by atoms with Gasteiger partial charge in [0, 0.05) is 29.6 Å². The maximum atomic E-state index is 5.55. The highest BCUT2D eigenvalue weighted by molar-refractivity contribution is 5.81. The molecule has 0 aliphatic carbocycles. The van der Waals surface area contributed by atoms with Crippen LogP contribution in [-0.2, 0) is 13.0 Å². The molecule has 4 rings (SSSR count). The van der Waals surface area contributed by atoms with E-state index in [4.69, 9.17) is 9.15 Å². The van der Waals surface area contributed by atoms with E-state index in [0.29, 0.717) is 0 Å². The fourth-order valence-corrected chi connectivity index (χ4v) is 2.66. The largest absolute Gasteiger partial charge is 0.493 e. The van der Waals surface area contributed by atoms with Gasteiger partial charge >= 0.3 is 0 Å². The van der Waals surface area contributed by atoms with Gasteiger partial charge in [0.2, 0.25) is 0 Å². The van der Waals surface area contributed by atoms with E-state index in [1.54, 1.807) is 0 Å². The highest BCUT2D eigenvalue weighted by Crippen LogP contribution is 2.28. The van der Waals surface area contributed by atoms with E-state index in [2.05, 4.69) is 23.5 Å². The number of benzene rings is 2. The summed E-state index contributed by atoms with van der Waals surface area (Å²) in [6, 6.07) is 14.4. The standard InChI is InChI=1S/C17H15NO2/c1-2-4-17-15(3-1)13(11-20-17)10-18-14-5-6-16-12(9-14)7-8-19-16/h1-6,9,11,18H,7-8,10H2. The van der Waals surface area contributed by atoms with Gasteiger partial charge in [-0.05, 0) is 29.8 Å². The molecule has 0 saturated heterocycles. The zero-order valence-corrected chi connectivity index (χ0v) is 11.1. The van der Waals surface area contributed by atoms with Crippen molar-refractivity contribution in [2.24, 2.45) is 0 Å². The molecule has 1 aromatic heterocycles. The fraction of sp³-hybridized carbons (Fsp3) is 0.176. The average Bonchev–Trinajstić information content (AvgIpc) is 3.11. The monoisotopic (exact) mass is 265 g/mol. The Labute approximate surface area is 117 Å². The maximum Gasteiger partial charge on any atom is 0.134 e. The number of furan rings is 1. The van der Waals surface area contributed by atoms with E-state index in [9.17, 15) is 0 Å². The van der Waals surface area contributed by atoms with Gasteiger partial charge in [-0.2, -0.15) is 0 Å². The number of fused-ring (bicyclic) bond motifs is 2. The van der Waals surface area contributed by atoms with Crippen LogP contribution in [0.3, 0.4) is 0 Å². The predicted octanol–water partition coefficient (Wildman–Crippen LogP) is 3.98. The summed E-state index contributed by atoms with van der Waals surface area (Å²) in [5.41, 5.74) is 4.52. The summed E-state index contributed by atoms with van der Waals surface area (Å²) in [6.07, 6.45) is 2.83. The molecule has 2 aromatic carbocycles. The Hall–Kier alpha value is -2.42. The number of hydrogen-bond donors (Lipinski definition) is 1. The molecule has 0 spiro atoms. The second-order valence-corrected chi connectivity index (χ2v) is 5.03. The third-order valence-corrected chi connectivity index (χ3v) is 3.73. The molecule has 0 fully saturated rings. The summed E-state index contributed by atoms with van der Waals surface area (Å²) in [6.45, 7) is 1.56. The first kappa shape index (κ1) is 11.4. The molecule has 20 heavy (non-hydrogen) atoms. The third kappa shape index (κ3) is 1.92. The molecule has 3 nitrogen and oxygen atoms in total. The summed E-state index contributed by atoms with van der Waals surface area (Å²) >= 11 is 0. The number of rotatable bonds is 3. The minimum Gasteiger partial charge on any atom is -0.493 e. The van der Waals surface area contributed by atoms with Gasteiger partial charge < -0.3 is 14.5 Å². The normalized spacial score (nSPS) is 13.2. The molecule has 0 saturated carbocycles. The van der Waals surface area contributed by atoms with Gasteiger partial charge in [0.25, 0.3) is 0 Å². The van der Waals surface area contributed by atoms with Crippen molar-refractivity contribution in [3.05, 3.63) is 59.9 Å². The molecule has 100 valence electrons. The molecule has 0 radical (unpaired) electrons. The van der Waals surface area contributed by atoms with Gasteiger partial charge in [-0.25, -0.2) is 0 Å². The first-order valence-electron chi connectivity index (χ1n) is 6.85. The second kappa shape index (κ2) is 4.60. The van der Waals surface area contributed by atoms with Crippen LogP contribution in [0.5, 0.6) is 5.75 Å². The smallest absolute Gasteiger partial charge is 0.134 e. The second-order valence-electron chi connectivity index (χ2n) is 5.03. The van der Waals surface area contributed by atoms with Crippen LogP contribution in [0.4, 0.5) is 5.69 Å². The quantitative estimate of drug-likeness (QED) is 0.777. The molecule has 0 amide bonds. The lowest BCUT2D eigenvalue weighted by atomic mass is 10.1. The lowest BCUT2D eigenvalue weighted by Crippen LogP contribution is -1.98. The Morgan fingerprint density at radius 1 is 1.10 bits per heavy atom. The number of nitrogens with one attached hydrogen (secondary N) is 1. The molecule has 1 aliphatic rings. The summed E-state index contributed by atoms with van der Waals surface area (Å²) in [4.78, 5) is 0. The van der Waals surface area contributed by atoms with Crippen molar-refractivity contribution >= 4 is 16.7 Å². The van der Waals surface area contributed by atoms with Crippen molar-refractivity contribution in [2.45, 2.75) is 13.0 Å². The van der Waals surface area contributed by atoms with E-state index < -0.39 is 0 Å². The average molecular weight is 265 g/mol. The van der Waals surface area contributed by atoms with Crippen LogP contribution in [0.25, 0.3) is 11.0 Å². The predicted molar refractivity (Wildman–Crippen MR) is 79.2 cm³/mol. The van der Waals surface area contributed by atoms with Crippen molar-refractivity contribution < 1.29 is 9.15 Å². The number of anilines is 1. The maximum absolute atomic E-state index is 5.55. The molecule has 0 atom stereocenters. The zero-order chi connectivity index (χ0) is 13.4. The minimum atomic E-state index is 0.761. The van der Waals surface area contributed by atoms with Crippen molar-refractivity contribution in [3.8, 4) is 5.75 Å². The van der Waals surface area contributed by atoms with Crippen molar-refractivity contribution in [1.29, 1.82) is 0 Å². The Kier molecular flexibility index (Phi) is 2.62. The molecule has 0 bridgehead atoms. The molecular weight excluding hydrogens is 250 g/mol. The Balaban J connectivity index is 1.55. The van der Waals surface area contributed by atoms with Crippen LogP contribution in [0.1, 0.15) is 11.1 Å². The van der Waals surface area contributed by atoms with Gasteiger partial charge in [-0.3, -0.25) is 0 Å². The lowest BCUT2D eigenvalue weighted by Gasteiger charge is -2.07. The topological polar surface area (TPSA) is 34.4 Å². The van der Waals surface area contributed by atoms with Gasteiger partial charge in [-0.1, -0.05) is 18.2 Å². The van der Waals surface area contributed by atoms with Gasteiger partial charge in [0.1, 0.15) is 11.3 Å². The van der Waals surface area contributed by atoms with Crippen LogP contribution in [-0.4, -0.2) is 6.61 Å². The van der Waals surface area contributed by atoms with E-state index >= 15 is 0 Å². The third-order valence-electron chi connectivity index (χ3n) is 3.73. The molecule has 3 aromatic rings. The van der Waals surface area contributed by atoms with Crippen LogP contribution in [0, 0.1) is 0 Å². The molecule has 1 aliphatic heterocycles. The summed E-state index contributed by atoms with van der Waals surface area (Å²) < 4.78 is 11.1. The number of hydrogen-bond acceptors (Lipinski definition) is 3. The minimum absolute atomic E-state index is 0.761. The molecule has 0 unspecified atom stereocenters. The number of para-hydroxylation sites is 1. The summed E-state index contributed by atoms with van der Waals surface area (Å²) in [7, 11) is 0. The summed E-state index contributed by atoms with van der Waals surface area (Å²) in [5.74, 6) is 1.02.